The monoisotopic (exact) mass is 361 g/mol. The second kappa shape index (κ2) is 6.33. The Morgan fingerprint density at radius 2 is 2.17 bits per heavy atom. The minimum atomic E-state index is -0.356. The van der Waals surface area contributed by atoms with E-state index in [9.17, 15) is 10.1 Å². The molecule has 5 nitrogen and oxygen atoms in total. The normalized spacial score (nSPS) is 14.5. The fourth-order valence-corrected chi connectivity index (χ4v) is 2.39. The Morgan fingerprint density at radius 3 is 2.78 bits per heavy atom. The number of nitro groups is 1. The average Bonchev–Trinajstić information content (AvgIpc) is 3.12. The number of nitrogens with zero attached hydrogens (tertiary/aromatic N) is 1. The topological polar surface area (TPSA) is 67.2 Å². The Hall–Kier alpha value is -0.890. The quantitative estimate of drug-likeness (QED) is 0.339. The predicted octanol–water partition coefficient (Wildman–Crippen LogP) is 2.75. The zero-order chi connectivity index (χ0) is 13.0. The second-order valence-electron chi connectivity index (χ2n) is 4.43. The number of halogens is 1. The molecule has 1 fully saturated rings. The molecule has 18 heavy (non-hydrogen) atoms. The molecule has 1 aromatic carbocycles. The van der Waals surface area contributed by atoms with Gasteiger partial charge in [0.1, 0.15) is 0 Å². The Morgan fingerprint density at radius 1 is 1.39 bits per heavy atom. The summed E-state index contributed by atoms with van der Waals surface area (Å²) in [4.78, 5) is 10.3. The van der Waals surface area contributed by atoms with E-state index >= 15 is 0 Å². The third-order valence-corrected chi connectivity index (χ3v) is 3.70. The van der Waals surface area contributed by atoms with E-state index in [1.54, 1.807) is 12.1 Å². The lowest BCUT2D eigenvalue weighted by Crippen LogP contribution is -2.19. The summed E-state index contributed by atoms with van der Waals surface area (Å²) in [5, 5.41) is 17.4. The molecule has 1 saturated carbocycles. The Labute approximate surface area is 120 Å². The molecule has 0 spiro atoms. The first-order valence-corrected chi connectivity index (χ1v) is 7.16. The van der Waals surface area contributed by atoms with Crippen molar-refractivity contribution in [2.75, 3.05) is 18.4 Å². The molecule has 6 heteroatoms. The molecule has 0 aromatic heterocycles. The number of anilines is 1. The highest BCUT2D eigenvalue weighted by Gasteiger charge is 2.19. The maximum absolute atomic E-state index is 10.7. The standard InChI is InChI=1S/C12H16IN3O2/c13-11-8-10(4-5-12(11)16(17)18)15-7-1-6-14-9-2-3-9/h4-5,8-9,14-15H,1-3,6-7H2. The van der Waals surface area contributed by atoms with Gasteiger partial charge in [0.25, 0.3) is 5.69 Å². The minimum absolute atomic E-state index is 0.163. The molecule has 1 aliphatic rings. The van der Waals surface area contributed by atoms with Crippen molar-refractivity contribution in [3.05, 3.63) is 31.9 Å². The van der Waals surface area contributed by atoms with E-state index in [0.717, 1.165) is 31.2 Å². The van der Waals surface area contributed by atoms with Crippen molar-refractivity contribution in [2.45, 2.75) is 25.3 Å². The van der Waals surface area contributed by atoms with Gasteiger partial charge in [0.05, 0.1) is 8.49 Å². The van der Waals surface area contributed by atoms with Crippen LogP contribution < -0.4 is 10.6 Å². The SMILES string of the molecule is O=[N+]([O-])c1ccc(NCCCNC2CC2)cc1I. The van der Waals surface area contributed by atoms with Crippen LogP contribution in [0.5, 0.6) is 0 Å². The van der Waals surface area contributed by atoms with Crippen LogP contribution in [-0.4, -0.2) is 24.1 Å². The lowest BCUT2D eigenvalue weighted by atomic mass is 10.3. The summed E-state index contributed by atoms with van der Waals surface area (Å²) in [7, 11) is 0. The van der Waals surface area contributed by atoms with Gasteiger partial charge in [-0.1, -0.05) is 0 Å². The molecule has 2 N–H and O–H groups in total. The third kappa shape index (κ3) is 4.09. The van der Waals surface area contributed by atoms with Gasteiger partial charge in [0.2, 0.25) is 0 Å². The highest BCUT2D eigenvalue weighted by Crippen LogP contribution is 2.24. The summed E-state index contributed by atoms with van der Waals surface area (Å²) in [5.41, 5.74) is 1.10. The second-order valence-corrected chi connectivity index (χ2v) is 5.59. The van der Waals surface area contributed by atoms with Crippen molar-refractivity contribution in [1.82, 2.24) is 5.32 Å². The minimum Gasteiger partial charge on any atom is -0.385 e. The fourth-order valence-electron chi connectivity index (χ4n) is 1.68. The largest absolute Gasteiger partial charge is 0.385 e. The van der Waals surface area contributed by atoms with Gasteiger partial charge in [-0.3, -0.25) is 10.1 Å². The Bertz CT molecular complexity index is 435. The van der Waals surface area contributed by atoms with E-state index < -0.39 is 0 Å². The van der Waals surface area contributed by atoms with E-state index in [4.69, 9.17) is 0 Å². The summed E-state index contributed by atoms with van der Waals surface area (Å²) in [6, 6.07) is 5.87. The van der Waals surface area contributed by atoms with Gasteiger partial charge in [-0.15, -0.1) is 0 Å². The third-order valence-electron chi connectivity index (χ3n) is 2.84. The van der Waals surface area contributed by atoms with Crippen molar-refractivity contribution in [1.29, 1.82) is 0 Å². The Balaban J connectivity index is 1.74. The van der Waals surface area contributed by atoms with E-state index in [1.807, 2.05) is 28.7 Å². The van der Waals surface area contributed by atoms with Gasteiger partial charge in [0, 0.05) is 24.3 Å². The summed E-state index contributed by atoms with van der Waals surface area (Å²) in [5.74, 6) is 0. The van der Waals surface area contributed by atoms with E-state index in [0.29, 0.717) is 3.57 Å². The van der Waals surface area contributed by atoms with Crippen LogP contribution >= 0.6 is 22.6 Å². The number of nitrogens with one attached hydrogen (secondary N) is 2. The van der Waals surface area contributed by atoms with Crippen LogP contribution in [0.4, 0.5) is 11.4 Å². The van der Waals surface area contributed by atoms with Gasteiger partial charge in [-0.25, -0.2) is 0 Å². The first kappa shape index (κ1) is 13.5. The van der Waals surface area contributed by atoms with Crippen molar-refractivity contribution in [3.8, 4) is 0 Å². The lowest BCUT2D eigenvalue weighted by molar-refractivity contribution is -0.385. The molecule has 2 rings (SSSR count). The van der Waals surface area contributed by atoms with Gasteiger partial charge in [-0.2, -0.15) is 0 Å². The number of nitro benzene ring substituents is 1. The van der Waals surface area contributed by atoms with Gasteiger partial charge < -0.3 is 10.6 Å². The molecule has 0 radical (unpaired) electrons. The van der Waals surface area contributed by atoms with Crippen LogP contribution in [0.1, 0.15) is 19.3 Å². The molecule has 0 amide bonds. The van der Waals surface area contributed by atoms with Crippen LogP contribution in [0.3, 0.4) is 0 Å². The molecule has 0 bridgehead atoms. The maximum Gasteiger partial charge on any atom is 0.282 e. The number of benzene rings is 1. The molecule has 98 valence electrons. The van der Waals surface area contributed by atoms with Gasteiger partial charge >= 0.3 is 0 Å². The molecule has 1 aromatic rings. The number of rotatable bonds is 7. The zero-order valence-corrected chi connectivity index (χ0v) is 12.1. The lowest BCUT2D eigenvalue weighted by Gasteiger charge is -2.07. The number of hydrogen-bond donors (Lipinski definition) is 2. The molecular formula is C12H16IN3O2. The molecule has 0 heterocycles. The van der Waals surface area contributed by atoms with Crippen LogP contribution in [0.25, 0.3) is 0 Å². The van der Waals surface area contributed by atoms with E-state index in [1.165, 1.54) is 12.8 Å². The van der Waals surface area contributed by atoms with E-state index in [-0.39, 0.29) is 10.6 Å². The summed E-state index contributed by atoms with van der Waals surface area (Å²) >= 11 is 1.99. The highest BCUT2D eigenvalue weighted by atomic mass is 127. The average molecular weight is 361 g/mol. The molecule has 0 atom stereocenters. The maximum atomic E-state index is 10.7. The van der Waals surface area contributed by atoms with Crippen molar-refractivity contribution in [2.24, 2.45) is 0 Å². The first-order valence-electron chi connectivity index (χ1n) is 6.08. The summed E-state index contributed by atoms with van der Waals surface area (Å²) in [6.07, 6.45) is 3.69. The van der Waals surface area contributed by atoms with Crippen LogP contribution in [-0.2, 0) is 0 Å². The van der Waals surface area contributed by atoms with Crippen LogP contribution in [0.2, 0.25) is 0 Å². The van der Waals surface area contributed by atoms with E-state index in [2.05, 4.69) is 10.6 Å². The van der Waals surface area contributed by atoms with Crippen molar-refractivity contribution < 1.29 is 4.92 Å². The smallest absolute Gasteiger partial charge is 0.282 e. The zero-order valence-electron chi connectivity index (χ0n) is 9.99. The molecule has 1 aliphatic carbocycles. The van der Waals surface area contributed by atoms with Crippen LogP contribution in [0.15, 0.2) is 18.2 Å². The van der Waals surface area contributed by atoms with Gasteiger partial charge in [0.15, 0.2) is 0 Å². The molecule has 0 unspecified atom stereocenters. The summed E-state index contributed by atoms with van der Waals surface area (Å²) in [6.45, 7) is 1.91. The van der Waals surface area contributed by atoms with Gasteiger partial charge in [-0.05, 0) is 60.5 Å². The molecular weight excluding hydrogens is 345 g/mol. The predicted molar refractivity (Wildman–Crippen MR) is 79.9 cm³/mol. The molecule has 0 saturated heterocycles. The van der Waals surface area contributed by atoms with Crippen molar-refractivity contribution in [3.63, 3.8) is 0 Å². The van der Waals surface area contributed by atoms with Crippen molar-refractivity contribution >= 4 is 34.0 Å². The Kier molecular flexibility index (Phi) is 4.76. The number of hydrogen-bond acceptors (Lipinski definition) is 4. The molecule has 0 aliphatic heterocycles. The summed E-state index contributed by atoms with van der Waals surface area (Å²) < 4.78 is 0.665. The fraction of sp³-hybridized carbons (Fsp3) is 0.500. The highest BCUT2D eigenvalue weighted by molar-refractivity contribution is 14.1. The van der Waals surface area contributed by atoms with Crippen LogP contribution in [0, 0.1) is 13.7 Å². The first-order chi connectivity index (χ1) is 8.66.